The van der Waals surface area contributed by atoms with Crippen LogP contribution < -0.4 is 15.2 Å². The lowest BCUT2D eigenvalue weighted by Gasteiger charge is -2.31. The first kappa shape index (κ1) is 27.5. The van der Waals surface area contributed by atoms with Crippen LogP contribution >= 0.6 is 11.6 Å². The van der Waals surface area contributed by atoms with Crippen LogP contribution in [0.4, 0.5) is 23.5 Å². The molecule has 4 aromatic rings. The van der Waals surface area contributed by atoms with Crippen molar-refractivity contribution in [2.24, 2.45) is 0 Å². The number of hydrogen-bond acceptors (Lipinski definition) is 7. The van der Waals surface area contributed by atoms with E-state index in [2.05, 4.69) is 19.9 Å². The molecule has 0 amide bonds. The highest BCUT2D eigenvalue weighted by Crippen LogP contribution is 2.31. The van der Waals surface area contributed by atoms with Crippen LogP contribution in [-0.4, -0.2) is 43.5 Å². The topological polar surface area (TPSA) is 86.0 Å². The van der Waals surface area contributed by atoms with Crippen molar-refractivity contribution in [2.75, 3.05) is 18.0 Å². The molecule has 0 saturated carbocycles. The zero-order valence-electron chi connectivity index (χ0n) is 21.5. The number of halogens is 5. The maximum atomic E-state index is 14.0. The summed E-state index contributed by atoms with van der Waals surface area (Å²) in [6, 6.07) is 5.53. The smallest absolute Gasteiger partial charge is 0.277 e. The van der Waals surface area contributed by atoms with Crippen LogP contribution in [-0.2, 0) is 6.61 Å². The average molecular weight is 575 g/mol. The largest absolute Gasteiger partial charge is 0.485 e. The molecule has 1 aliphatic heterocycles. The summed E-state index contributed by atoms with van der Waals surface area (Å²) in [6.07, 6.45) is 3.44. The Morgan fingerprint density at radius 3 is 2.50 bits per heavy atom. The second-order valence-electron chi connectivity index (χ2n) is 9.42. The molecule has 5 rings (SSSR count). The lowest BCUT2D eigenvalue weighted by molar-refractivity contribution is -0.0222. The summed E-state index contributed by atoms with van der Waals surface area (Å²) in [5, 5.41) is -0.239. The summed E-state index contributed by atoms with van der Waals surface area (Å²) in [7, 11) is 0. The van der Waals surface area contributed by atoms with E-state index in [-0.39, 0.29) is 49.0 Å². The number of hydrogen-bond donors (Lipinski definition) is 0. The van der Waals surface area contributed by atoms with Crippen LogP contribution in [0.3, 0.4) is 0 Å². The molecular formula is C27H23ClF4N6O2. The summed E-state index contributed by atoms with van der Waals surface area (Å²) < 4.78 is 61.2. The van der Waals surface area contributed by atoms with Gasteiger partial charge in [-0.15, -0.1) is 0 Å². The molecule has 0 aromatic carbocycles. The molecule has 8 nitrogen and oxygen atoms in total. The van der Waals surface area contributed by atoms with Crippen LogP contribution in [0.25, 0.3) is 17.1 Å². The zero-order valence-corrected chi connectivity index (χ0v) is 22.2. The number of ether oxygens (including phenoxy) is 1. The van der Waals surface area contributed by atoms with Crippen molar-refractivity contribution in [3.8, 4) is 22.8 Å². The number of piperidine rings is 1. The van der Waals surface area contributed by atoms with Crippen LogP contribution in [0, 0.1) is 25.5 Å². The predicted molar refractivity (Wildman–Crippen MR) is 140 cm³/mol. The molecule has 1 aliphatic rings. The Morgan fingerprint density at radius 2 is 1.77 bits per heavy atom. The van der Waals surface area contributed by atoms with Crippen molar-refractivity contribution < 1.29 is 22.3 Å². The molecule has 1 saturated heterocycles. The summed E-state index contributed by atoms with van der Waals surface area (Å²) in [6.45, 7) is 3.36. The maximum absolute atomic E-state index is 14.0. The van der Waals surface area contributed by atoms with Crippen LogP contribution in [0.2, 0.25) is 5.02 Å². The first-order chi connectivity index (χ1) is 19.0. The molecule has 0 aliphatic carbocycles. The predicted octanol–water partition coefficient (Wildman–Crippen LogP) is 5.45. The van der Waals surface area contributed by atoms with Crippen LogP contribution in [0.5, 0.6) is 5.75 Å². The zero-order chi connectivity index (χ0) is 28.6. The molecule has 0 atom stereocenters. The van der Waals surface area contributed by atoms with Crippen LogP contribution in [0.1, 0.15) is 29.8 Å². The van der Waals surface area contributed by atoms with Gasteiger partial charge in [0.15, 0.2) is 5.82 Å². The van der Waals surface area contributed by atoms with Gasteiger partial charge in [0.25, 0.3) is 11.5 Å². The minimum absolute atomic E-state index is 0.0189. The first-order valence-corrected chi connectivity index (χ1v) is 12.7. The lowest BCUT2D eigenvalue weighted by Crippen LogP contribution is -2.40. The summed E-state index contributed by atoms with van der Waals surface area (Å²) in [4.78, 5) is 31.9. The van der Waals surface area contributed by atoms with Crippen molar-refractivity contribution in [3.63, 3.8) is 0 Å². The molecule has 1 fully saturated rings. The highest BCUT2D eigenvalue weighted by atomic mass is 35.5. The average Bonchev–Trinajstić information content (AvgIpc) is 2.92. The molecule has 208 valence electrons. The minimum atomic E-state index is -2.69. The molecule has 5 heterocycles. The van der Waals surface area contributed by atoms with E-state index in [0.29, 0.717) is 40.3 Å². The number of pyridine rings is 3. The molecular weight excluding hydrogens is 552 g/mol. The van der Waals surface area contributed by atoms with E-state index < -0.39 is 23.1 Å². The Hall–Kier alpha value is -4.06. The third-order valence-electron chi connectivity index (χ3n) is 6.55. The van der Waals surface area contributed by atoms with Crippen molar-refractivity contribution >= 4 is 17.5 Å². The van der Waals surface area contributed by atoms with Gasteiger partial charge in [0, 0.05) is 56.2 Å². The van der Waals surface area contributed by atoms with E-state index in [1.54, 1.807) is 37.1 Å². The van der Waals surface area contributed by atoms with E-state index in [9.17, 15) is 22.4 Å². The van der Waals surface area contributed by atoms with Gasteiger partial charge < -0.3 is 9.64 Å². The van der Waals surface area contributed by atoms with Gasteiger partial charge >= 0.3 is 0 Å². The van der Waals surface area contributed by atoms with Crippen molar-refractivity contribution in [3.05, 3.63) is 86.8 Å². The van der Waals surface area contributed by atoms with Gasteiger partial charge in [-0.1, -0.05) is 11.6 Å². The van der Waals surface area contributed by atoms with E-state index in [0.717, 1.165) is 6.20 Å². The Morgan fingerprint density at radius 1 is 1.02 bits per heavy atom. The Balaban J connectivity index is 1.44. The summed E-state index contributed by atoms with van der Waals surface area (Å²) in [5.74, 6) is -4.05. The fourth-order valence-electron chi connectivity index (χ4n) is 4.35. The number of rotatable bonds is 6. The molecule has 0 unspecified atom stereocenters. The Kier molecular flexibility index (Phi) is 7.45. The Labute approximate surface area is 231 Å². The summed E-state index contributed by atoms with van der Waals surface area (Å²) >= 11 is 6.36. The molecule has 0 spiro atoms. The normalized spacial score (nSPS) is 14.8. The molecule has 4 aromatic heterocycles. The van der Waals surface area contributed by atoms with Crippen molar-refractivity contribution in [1.29, 1.82) is 0 Å². The lowest BCUT2D eigenvalue weighted by atomic mass is 10.1. The standard InChI is InChI=1S/C27H23ClF4N6O2/c1-15-12-34-20(19-3-6-33-26(36-19)37-7-4-27(31,32)5-8-37)11-22(15)38-16(2)9-23(24(28)25(38)39)40-14-21-18(30)10-17(29)13-35-21/h3,6,9-13H,4-5,7-8,14H2,1-2H3. The van der Waals surface area contributed by atoms with Crippen molar-refractivity contribution in [2.45, 2.75) is 39.2 Å². The highest BCUT2D eigenvalue weighted by molar-refractivity contribution is 6.31. The number of alkyl halides is 2. The molecule has 13 heteroatoms. The third kappa shape index (κ3) is 5.62. The second kappa shape index (κ2) is 10.8. The van der Waals surface area contributed by atoms with Gasteiger partial charge in [-0.25, -0.2) is 27.5 Å². The first-order valence-electron chi connectivity index (χ1n) is 12.3. The minimum Gasteiger partial charge on any atom is -0.485 e. The fraction of sp³-hybridized carbons (Fsp3) is 0.296. The van der Waals surface area contributed by atoms with Gasteiger partial charge in [-0.2, -0.15) is 0 Å². The van der Waals surface area contributed by atoms with Crippen LogP contribution in [0.15, 0.2) is 47.7 Å². The van der Waals surface area contributed by atoms with E-state index in [1.165, 1.54) is 16.8 Å². The molecule has 40 heavy (non-hydrogen) atoms. The summed E-state index contributed by atoms with van der Waals surface area (Å²) in [5.41, 5.74) is 1.79. The van der Waals surface area contributed by atoms with Gasteiger partial charge in [0.05, 0.1) is 23.3 Å². The number of anilines is 1. The van der Waals surface area contributed by atoms with Gasteiger partial charge in [-0.3, -0.25) is 19.3 Å². The monoisotopic (exact) mass is 574 g/mol. The van der Waals surface area contributed by atoms with E-state index >= 15 is 0 Å². The quantitative estimate of drug-likeness (QED) is 0.283. The third-order valence-corrected chi connectivity index (χ3v) is 6.89. The molecule has 0 bridgehead atoms. The number of aryl methyl sites for hydroxylation is 2. The van der Waals surface area contributed by atoms with E-state index in [1.807, 2.05) is 0 Å². The van der Waals surface area contributed by atoms with Gasteiger partial charge in [-0.05, 0) is 31.5 Å². The fourth-order valence-corrected chi connectivity index (χ4v) is 4.55. The van der Waals surface area contributed by atoms with Gasteiger partial charge in [0.2, 0.25) is 5.95 Å². The van der Waals surface area contributed by atoms with E-state index in [4.69, 9.17) is 16.3 Å². The molecule has 0 N–H and O–H groups in total. The maximum Gasteiger partial charge on any atom is 0.277 e. The number of nitrogens with zero attached hydrogens (tertiary/aromatic N) is 6. The number of aromatic nitrogens is 5. The molecule has 0 radical (unpaired) electrons. The van der Waals surface area contributed by atoms with Gasteiger partial charge in [0.1, 0.15) is 28.9 Å². The highest BCUT2D eigenvalue weighted by Gasteiger charge is 2.34. The SMILES string of the molecule is Cc1cnc(-c2ccnc(N3CCC(F)(F)CC3)n2)cc1-n1c(C)cc(OCc2ncc(F)cc2F)c(Cl)c1=O. The second-order valence-corrected chi connectivity index (χ2v) is 9.79. The Bertz CT molecular complexity index is 1640. The van der Waals surface area contributed by atoms with Crippen molar-refractivity contribution in [1.82, 2.24) is 24.5 Å².